The van der Waals surface area contributed by atoms with Gasteiger partial charge in [-0.25, -0.2) is 14.8 Å². The van der Waals surface area contributed by atoms with Gasteiger partial charge in [0.2, 0.25) is 0 Å². The summed E-state index contributed by atoms with van der Waals surface area (Å²) in [5.74, 6) is -0.578. The van der Waals surface area contributed by atoms with Crippen LogP contribution < -0.4 is 0 Å². The number of aromatic nitrogens is 2. The highest BCUT2D eigenvalue weighted by Gasteiger charge is 2.14. The van der Waals surface area contributed by atoms with Crippen molar-refractivity contribution >= 4 is 5.97 Å². The van der Waals surface area contributed by atoms with E-state index in [1.54, 1.807) is 13.1 Å². The molecule has 0 aliphatic rings. The van der Waals surface area contributed by atoms with Crippen molar-refractivity contribution in [3.8, 4) is 11.1 Å². The zero-order valence-corrected chi connectivity index (χ0v) is 9.64. The summed E-state index contributed by atoms with van der Waals surface area (Å²) in [6.07, 6.45) is 1.56. The minimum absolute atomic E-state index is 0.0445. The van der Waals surface area contributed by atoms with Crippen molar-refractivity contribution < 1.29 is 9.90 Å². The third-order valence-electron chi connectivity index (χ3n) is 2.44. The first-order valence-corrected chi connectivity index (χ1v) is 5.22. The Kier molecular flexibility index (Phi) is 2.87. The quantitative estimate of drug-likeness (QED) is 0.857. The van der Waals surface area contributed by atoms with Gasteiger partial charge >= 0.3 is 5.97 Å². The van der Waals surface area contributed by atoms with E-state index in [4.69, 9.17) is 5.11 Å². The monoisotopic (exact) mass is 228 g/mol. The van der Waals surface area contributed by atoms with Gasteiger partial charge in [0.15, 0.2) is 5.69 Å². The van der Waals surface area contributed by atoms with Gasteiger partial charge in [-0.3, -0.25) is 0 Å². The molecule has 17 heavy (non-hydrogen) atoms. The van der Waals surface area contributed by atoms with Crippen molar-refractivity contribution in [1.82, 2.24) is 9.97 Å². The van der Waals surface area contributed by atoms with Crippen LogP contribution in [0.25, 0.3) is 11.1 Å². The van der Waals surface area contributed by atoms with Crippen molar-refractivity contribution in [3.05, 3.63) is 47.5 Å². The van der Waals surface area contributed by atoms with E-state index >= 15 is 0 Å². The summed E-state index contributed by atoms with van der Waals surface area (Å²) in [5, 5.41) is 9.13. The zero-order chi connectivity index (χ0) is 12.4. The van der Waals surface area contributed by atoms with Crippen LogP contribution in [0.1, 0.15) is 21.9 Å². The molecule has 0 aliphatic carbocycles. The fourth-order valence-corrected chi connectivity index (χ4v) is 1.66. The molecule has 0 amide bonds. The number of nitrogens with zero attached hydrogens (tertiary/aromatic N) is 2. The molecule has 1 aromatic carbocycles. The fourth-order valence-electron chi connectivity index (χ4n) is 1.66. The second kappa shape index (κ2) is 4.33. The lowest BCUT2D eigenvalue weighted by Gasteiger charge is -2.06. The molecule has 4 heteroatoms. The van der Waals surface area contributed by atoms with Gasteiger partial charge in [-0.1, -0.05) is 29.8 Å². The van der Waals surface area contributed by atoms with Gasteiger partial charge in [0.25, 0.3) is 0 Å². The highest BCUT2D eigenvalue weighted by molar-refractivity contribution is 5.93. The number of hydrogen-bond donors (Lipinski definition) is 1. The largest absolute Gasteiger partial charge is 0.476 e. The number of aryl methyl sites for hydroxylation is 2. The summed E-state index contributed by atoms with van der Waals surface area (Å²) in [6, 6.07) is 7.61. The molecule has 0 bridgehead atoms. The van der Waals surface area contributed by atoms with Gasteiger partial charge in [-0.05, 0) is 19.4 Å². The minimum Gasteiger partial charge on any atom is -0.476 e. The Morgan fingerprint density at radius 2 is 2.06 bits per heavy atom. The molecular weight excluding hydrogens is 216 g/mol. The molecule has 0 spiro atoms. The summed E-state index contributed by atoms with van der Waals surface area (Å²) < 4.78 is 0. The number of carbonyl (C=O) groups is 1. The van der Waals surface area contributed by atoms with Gasteiger partial charge in [0.05, 0.1) is 0 Å². The molecule has 0 unspecified atom stereocenters. The molecule has 86 valence electrons. The number of hydrogen-bond acceptors (Lipinski definition) is 3. The molecular formula is C13H12N2O2. The lowest BCUT2D eigenvalue weighted by molar-refractivity contribution is 0.0691. The van der Waals surface area contributed by atoms with Crippen LogP contribution in [0.5, 0.6) is 0 Å². The predicted octanol–water partition coefficient (Wildman–Crippen LogP) is 2.46. The van der Waals surface area contributed by atoms with Crippen molar-refractivity contribution in [2.24, 2.45) is 0 Å². The maximum absolute atomic E-state index is 11.1. The third kappa shape index (κ3) is 2.30. The van der Waals surface area contributed by atoms with Crippen LogP contribution in [0, 0.1) is 13.8 Å². The van der Waals surface area contributed by atoms with Crippen LogP contribution in [0.3, 0.4) is 0 Å². The summed E-state index contributed by atoms with van der Waals surface area (Å²) >= 11 is 0. The van der Waals surface area contributed by atoms with Gasteiger partial charge in [0.1, 0.15) is 5.82 Å². The van der Waals surface area contributed by atoms with Gasteiger partial charge in [-0.15, -0.1) is 0 Å². The van der Waals surface area contributed by atoms with E-state index in [9.17, 15) is 4.79 Å². The number of carboxylic acid groups (broad SMARTS) is 1. The average molecular weight is 228 g/mol. The Hall–Kier alpha value is -2.23. The van der Waals surface area contributed by atoms with E-state index in [1.165, 1.54) is 0 Å². The highest BCUT2D eigenvalue weighted by atomic mass is 16.4. The molecule has 1 aromatic heterocycles. The van der Waals surface area contributed by atoms with E-state index in [1.807, 2.05) is 31.2 Å². The summed E-state index contributed by atoms with van der Waals surface area (Å²) in [5.41, 5.74) is 2.48. The number of benzene rings is 1. The Labute approximate surface area is 99.0 Å². The summed E-state index contributed by atoms with van der Waals surface area (Å²) in [6.45, 7) is 3.63. The van der Waals surface area contributed by atoms with Crippen LogP contribution in [0.15, 0.2) is 30.5 Å². The van der Waals surface area contributed by atoms with Crippen LogP contribution in [-0.4, -0.2) is 21.0 Å². The second-order valence-corrected chi connectivity index (χ2v) is 3.85. The van der Waals surface area contributed by atoms with Crippen molar-refractivity contribution in [2.75, 3.05) is 0 Å². The molecule has 2 aromatic rings. The fraction of sp³-hybridized carbons (Fsp3) is 0.154. The zero-order valence-electron chi connectivity index (χ0n) is 9.64. The standard InChI is InChI=1S/C13H12N2O2/c1-8-4-3-5-10(6-8)11-7-14-9(2)15-12(11)13(16)17/h3-7H,1-2H3,(H,16,17). The Balaban J connectivity index is 2.63. The molecule has 1 heterocycles. The first-order chi connectivity index (χ1) is 8.08. The Bertz CT molecular complexity index is 579. The topological polar surface area (TPSA) is 63.1 Å². The smallest absolute Gasteiger partial charge is 0.355 e. The van der Waals surface area contributed by atoms with Gasteiger partial charge in [0, 0.05) is 11.8 Å². The molecule has 4 nitrogen and oxygen atoms in total. The molecule has 0 atom stereocenters. The molecule has 0 radical (unpaired) electrons. The van der Waals surface area contributed by atoms with Gasteiger partial charge < -0.3 is 5.11 Å². The molecule has 0 saturated heterocycles. The third-order valence-corrected chi connectivity index (χ3v) is 2.44. The first kappa shape index (κ1) is 11.3. The Morgan fingerprint density at radius 3 is 2.71 bits per heavy atom. The minimum atomic E-state index is -1.04. The predicted molar refractivity (Wildman–Crippen MR) is 63.9 cm³/mol. The maximum atomic E-state index is 11.1. The normalized spacial score (nSPS) is 10.2. The van der Waals surface area contributed by atoms with Crippen molar-refractivity contribution in [2.45, 2.75) is 13.8 Å². The van der Waals surface area contributed by atoms with Crippen LogP contribution >= 0.6 is 0 Å². The summed E-state index contributed by atoms with van der Waals surface area (Å²) in [7, 11) is 0. The first-order valence-electron chi connectivity index (χ1n) is 5.22. The van der Waals surface area contributed by atoms with E-state index in [0.717, 1.165) is 11.1 Å². The molecule has 2 rings (SSSR count). The van der Waals surface area contributed by atoms with E-state index in [-0.39, 0.29) is 5.69 Å². The second-order valence-electron chi connectivity index (χ2n) is 3.85. The van der Waals surface area contributed by atoms with E-state index in [2.05, 4.69) is 9.97 Å². The molecule has 1 N–H and O–H groups in total. The molecule has 0 saturated carbocycles. The number of rotatable bonds is 2. The van der Waals surface area contributed by atoms with Crippen molar-refractivity contribution in [1.29, 1.82) is 0 Å². The van der Waals surface area contributed by atoms with E-state index < -0.39 is 5.97 Å². The number of aromatic carboxylic acids is 1. The average Bonchev–Trinajstić information content (AvgIpc) is 2.28. The van der Waals surface area contributed by atoms with Crippen LogP contribution in [0.2, 0.25) is 0 Å². The lowest BCUT2D eigenvalue weighted by atomic mass is 10.0. The maximum Gasteiger partial charge on any atom is 0.355 e. The molecule has 0 fully saturated rings. The number of carboxylic acids is 1. The molecule has 0 aliphatic heterocycles. The van der Waals surface area contributed by atoms with Crippen LogP contribution in [-0.2, 0) is 0 Å². The lowest BCUT2D eigenvalue weighted by Crippen LogP contribution is -2.06. The highest BCUT2D eigenvalue weighted by Crippen LogP contribution is 2.22. The van der Waals surface area contributed by atoms with Gasteiger partial charge in [-0.2, -0.15) is 0 Å². The van der Waals surface area contributed by atoms with Crippen LogP contribution in [0.4, 0.5) is 0 Å². The summed E-state index contributed by atoms with van der Waals surface area (Å²) in [4.78, 5) is 19.2. The van der Waals surface area contributed by atoms with Crippen molar-refractivity contribution in [3.63, 3.8) is 0 Å². The van der Waals surface area contributed by atoms with E-state index in [0.29, 0.717) is 11.4 Å². The SMILES string of the molecule is Cc1cccc(-c2cnc(C)nc2C(=O)O)c1. The Morgan fingerprint density at radius 1 is 1.29 bits per heavy atom.